The van der Waals surface area contributed by atoms with E-state index >= 15 is 0 Å². The molecule has 1 rings (SSSR count). The summed E-state index contributed by atoms with van der Waals surface area (Å²) in [7, 11) is 0. The molecule has 1 heterocycles. The second-order valence-corrected chi connectivity index (χ2v) is 4.69. The predicted octanol–water partition coefficient (Wildman–Crippen LogP) is -0.127. The lowest BCUT2D eigenvalue weighted by Gasteiger charge is -2.01. The third kappa shape index (κ3) is 7.83. The molecular weight excluding hydrogens is 290 g/mol. The predicted molar refractivity (Wildman–Crippen MR) is 70.8 cm³/mol. The fraction of sp³-hybridized carbons (Fsp3) is 0.667. The number of halogens is 1. The third-order valence-corrected chi connectivity index (χ3v) is 3.10. The van der Waals surface area contributed by atoms with E-state index in [2.05, 4.69) is 29.8 Å². The molecule has 0 radical (unpaired) electrons. The molecule has 0 aliphatic carbocycles. The van der Waals surface area contributed by atoms with E-state index in [4.69, 9.17) is 5.11 Å². The Morgan fingerprint density at radius 1 is 1.11 bits per heavy atom. The van der Waals surface area contributed by atoms with Gasteiger partial charge < -0.3 is 22.1 Å². The Morgan fingerprint density at radius 3 is 2.56 bits per heavy atom. The minimum atomic E-state index is 0. The van der Waals surface area contributed by atoms with Crippen molar-refractivity contribution in [3.63, 3.8) is 0 Å². The first-order valence-electron chi connectivity index (χ1n) is 6.95. The first-order chi connectivity index (χ1) is 8.36. The van der Waals surface area contributed by atoms with E-state index in [9.17, 15) is 0 Å². The number of aliphatic hydroxyl groups is 1. The van der Waals surface area contributed by atoms with E-state index in [-0.39, 0.29) is 23.6 Å². The summed E-state index contributed by atoms with van der Waals surface area (Å²) in [6.45, 7) is 3.17. The number of hydrogen-bond acceptors (Lipinski definition) is 1. The highest BCUT2D eigenvalue weighted by atomic mass is 79.9. The standard InChI is InChI=1S/C15H26NO.BrH/c1-2-3-4-5-6-7-9-15-10-8-11-16(14-15)12-13-17;/h8,10-11,14,17H,2-7,9,12-13H2,1H3;1H/q+1;/p-1. The van der Waals surface area contributed by atoms with E-state index in [1.165, 1.54) is 50.5 Å². The average molecular weight is 316 g/mol. The summed E-state index contributed by atoms with van der Waals surface area (Å²) in [6, 6.07) is 4.25. The third-order valence-electron chi connectivity index (χ3n) is 3.10. The van der Waals surface area contributed by atoms with Crippen LogP contribution in [0.15, 0.2) is 24.5 Å². The highest BCUT2D eigenvalue weighted by molar-refractivity contribution is 5.05. The molecule has 3 heteroatoms. The first kappa shape index (κ1) is 17.6. The van der Waals surface area contributed by atoms with Crippen molar-refractivity contribution in [3.05, 3.63) is 30.1 Å². The lowest BCUT2D eigenvalue weighted by atomic mass is 10.1. The Labute approximate surface area is 122 Å². The minimum Gasteiger partial charge on any atom is -1.00 e. The van der Waals surface area contributed by atoms with Crippen LogP contribution in [0, 0.1) is 0 Å². The maximum atomic E-state index is 8.89. The Bertz CT molecular complexity index is 304. The molecule has 0 aliphatic rings. The van der Waals surface area contributed by atoms with Crippen LogP contribution in [0.1, 0.15) is 51.0 Å². The van der Waals surface area contributed by atoms with Gasteiger partial charge in [-0.25, -0.2) is 4.57 Å². The summed E-state index contributed by atoms with van der Waals surface area (Å²) in [5, 5.41) is 8.89. The van der Waals surface area contributed by atoms with Gasteiger partial charge in [0.1, 0.15) is 6.61 Å². The summed E-state index contributed by atoms with van der Waals surface area (Å²) >= 11 is 0. The van der Waals surface area contributed by atoms with Crippen LogP contribution >= 0.6 is 0 Å². The molecule has 0 fully saturated rings. The van der Waals surface area contributed by atoms with Crippen LogP contribution in [-0.2, 0) is 13.0 Å². The van der Waals surface area contributed by atoms with Crippen molar-refractivity contribution in [1.29, 1.82) is 0 Å². The highest BCUT2D eigenvalue weighted by Crippen LogP contribution is 2.08. The van der Waals surface area contributed by atoms with Crippen molar-refractivity contribution in [2.24, 2.45) is 0 Å². The van der Waals surface area contributed by atoms with Crippen molar-refractivity contribution in [3.8, 4) is 0 Å². The van der Waals surface area contributed by atoms with Gasteiger partial charge in [-0.2, -0.15) is 0 Å². The number of unbranched alkanes of at least 4 members (excludes halogenated alkanes) is 5. The van der Waals surface area contributed by atoms with E-state index in [1.807, 2.05) is 6.20 Å². The van der Waals surface area contributed by atoms with Gasteiger partial charge in [-0.3, -0.25) is 0 Å². The lowest BCUT2D eigenvalue weighted by molar-refractivity contribution is -0.698. The van der Waals surface area contributed by atoms with E-state index in [0.717, 1.165) is 0 Å². The van der Waals surface area contributed by atoms with Gasteiger partial charge in [0.15, 0.2) is 18.9 Å². The molecule has 1 aromatic rings. The van der Waals surface area contributed by atoms with Gasteiger partial charge >= 0.3 is 0 Å². The van der Waals surface area contributed by atoms with E-state index in [0.29, 0.717) is 6.54 Å². The zero-order chi connectivity index (χ0) is 12.3. The lowest BCUT2D eigenvalue weighted by Crippen LogP contribution is -3.00. The van der Waals surface area contributed by atoms with Gasteiger partial charge in [0.05, 0.1) is 0 Å². The molecule has 0 spiro atoms. The second-order valence-electron chi connectivity index (χ2n) is 4.69. The summed E-state index contributed by atoms with van der Waals surface area (Å²) in [4.78, 5) is 0. The van der Waals surface area contributed by atoms with Crippen molar-refractivity contribution < 1.29 is 26.7 Å². The average Bonchev–Trinajstić information content (AvgIpc) is 2.35. The monoisotopic (exact) mass is 315 g/mol. The van der Waals surface area contributed by atoms with Gasteiger partial charge in [0.25, 0.3) is 0 Å². The van der Waals surface area contributed by atoms with Crippen LogP contribution in [0.4, 0.5) is 0 Å². The number of rotatable bonds is 9. The van der Waals surface area contributed by atoms with Gasteiger partial charge in [-0.1, -0.05) is 39.0 Å². The molecule has 0 atom stereocenters. The van der Waals surface area contributed by atoms with E-state index in [1.54, 1.807) is 0 Å². The Morgan fingerprint density at radius 2 is 1.83 bits per heavy atom. The second kappa shape index (κ2) is 11.7. The zero-order valence-corrected chi connectivity index (χ0v) is 13.0. The molecule has 0 bridgehead atoms. The summed E-state index contributed by atoms with van der Waals surface area (Å²) in [5.41, 5.74) is 1.39. The summed E-state index contributed by atoms with van der Waals surface area (Å²) < 4.78 is 2.06. The molecule has 0 unspecified atom stereocenters. The number of aryl methyl sites for hydroxylation is 1. The van der Waals surface area contributed by atoms with Crippen LogP contribution in [0.5, 0.6) is 0 Å². The zero-order valence-electron chi connectivity index (χ0n) is 11.4. The SMILES string of the molecule is CCCCCCCCc1ccc[n+](CCO)c1.[Br-]. The molecule has 0 aliphatic heterocycles. The first-order valence-corrected chi connectivity index (χ1v) is 6.95. The van der Waals surface area contributed by atoms with Crippen LogP contribution in [-0.4, -0.2) is 11.7 Å². The molecule has 104 valence electrons. The number of hydrogen-bond donors (Lipinski definition) is 1. The molecule has 1 aromatic heterocycles. The Kier molecular flexibility index (Phi) is 11.4. The van der Waals surface area contributed by atoms with Crippen LogP contribution in [0.2, 0.25) is 0 Å². The number of pyridine rings is 1. The smallest absolute Gasteiger partial charge is 0.172 e. The van der Waals surface area contributed by atoms with Crippen molar-refractivity contribution in [1.82, 2.24) is 0 Å². The molecule has 0 saturated heterocycles. The maximum absolute atomic E-state index is 8.89. The van der Waals surface area contributed by atoms with Crippen molar-refractivity contribution in [2.45, 2.75) is 58.4 Å². The fourth-order valence-electron chi connectivity index (χ4n) is 2.09. The van der Waals surface area contributed by atoms with Crippen LogP contribution in [0.3, 0.4) is 0 Å². The molecule has 0 amide bonds. The van der Waals surface area contributed by atoms with Crippen molar-refractivity contribution in [2.75, 3.05) is 6.61 Å². The minimum absolute atomic E-state index is 0. The summed E-state index contributed by atoms with van der Waals surface area (Å²) in [5.74, 6) is 0. The molecule has 0 saturated carbocycles. The molecule has 18 heavy (non-hydrogen) atoms. The highest BCUT2D eigenvalue weighted by Gasteiger charge is 2.01. The van der Waals surface area contributed by atoms with Gasteiger partial charge in [-0.15, -0.1) is 0 Å². The van der Waals surface area contributed by atoms with Crippen molar-refractivity contribution >= 4 is 0 Å². The van der Waals surface area contributed by atoms with Gasteiger partial charge in [0.2, 0.25) is 0 Å². The molecular formula is C15H26BrNO. The normalized spacial score (nSPS) is 10.1. The Balaban J connectivity index is 0.00000289. The molecule has 2 nitrogen and oxygen atoms in total. The van der Waals surface area contributed by atoms with Gasteiger partial charge in [-0.05, 0) is 18.9 Å². The molecule has 0 aromatic carbocycles. The van der Waals surface area contributed by atoms with Crippen LogP contribution < -0.4 is 21.5 Å². The fourth-order valence-corrected chi connectivity index (χ4v) is 2.09. The number of aliphatic hydroxyl groups excluding tert-OH is 1. The van der Waals surface area contributed by atoms with Gasteiger partial charge in [0, 0.05) is 11.6 Å². The Hall–Kier alpha value is -0.410. The maximum Gasteiger partial charge on any atom is 0.172 e. The largest absolute Gasteiger partial charge is 1.00 e. The quantitative estimate of drug-likeness (QED) is 0.498. The summed E-state index contributed by atoms with van der Waals surface area (Å²) in [6.07, 6.45) is 13.4. The van der Waals surface area contributed by atoms with Crippen LogP contribution in [0.25, 0.3) is 0 Å². The number of aromatic nitrogens is 1. The van der Waals surface area contributed by atoms with E-state index < -0.39 is 0 Å². The molecule has 1 N–H and O–H groups in total. The topological polar surface area (TPSA) is 24.1 Å². The number of nitrogens with zero attached hydrogens (tertiary/aromatic N) is 1.